The molecule has 0 saturated carbocycles. The summed E-state index contributed by atoms with van der Waals surface area (Å²) in [5.74, 6) is -0.226. The van der Waals surface area contributed by atoms with Gasteiger partial charge in [0.1, 0.15) is 6.61 Å². The Kier molecular flexibility index (Phi) is 8.20. The van der Waals surface area contributed by atoms with Gasteiger partial charge in [0.05, 0.1) is 12.5 Å². The third kappa shape index (κ3) is 6.62. The molecule has 22 heavy (non-hydrogen) atoms. The van der Waals surface area contributed by atoms with Crippen LogP contribution in [0.5, 0.6) is 0 Å². The van der Waals surface area contributed by atoms with Gasteiger partial charge in [-0.3, -0.25) is 9.59 Å². The van der Waals surface area contributed by atoms with E-state index in [0.29, 0.717) is 6.54 Å². The van der Waals surface area contributed by atoms with Gasteiger partial charge in [-0.15, -0.1) is 0 Å². The number of benzene rings is 1. The molecular weight excluding hydrogens is 298 g/mol. The molecular formula is C17H25NO3S. The summed E-state index contributed by atoms with van der Waals surface area (Å²) < 4.78 is 5.20. The molecule has 1 N–H and O–H groups in total. The zero-order valence-corrected chi connectivity index (χ0v) is 14.3. The minimum atomic E-state index is -0.342. The van der Waals surface area contributed by atoms with Crippen LogP contribution >= 0.6 is 12.6 Å². The fraction of sp³-hybridized carbons (Fsp3) is 0.529. The molecule has 0 amide bonds. The number of hydrogen-bond acceptors (Lipinski definition) is 5. The normalized spacial score (nSPS) is 13.7. The van der Waals surface area contributed by atoms with E-state index in [1.54, 1.807) is 0 Å². The molecule has 122 valence electrons. The quantitative estimate of drug-likeness (QED) is 0.542. The molecule has 0 heterocycles. The fourth-order valence-corrected chi connectivity index (χ4v) is 2.26. The Morgan fingerprint density at radius 1 is 1.18 bits per heavy atom. The number of carbonyl (C=O) groups is 2. The third-order valence-corrected chi connectivity index (χ3v) is 3.59. The van der Waals surface area contributed by atoms with Crippen LogP contribution in [0.1, 0.15) is 32.8 Å². The molecule has 0 aliphatic carbocycles. The van der Waals surface area contributed by atoms with E-state index in [2.05, 4.69) is 17.9 Å². The van der Waals surface area contributed by atoms with Crippen molar-refractivity contribution in [2.45, 2.75) is 45.1 Å². The predicted octanol–water partition coefficient (Wildman–Crippen LogP) is 2.62. The number of thiol groups is 1. The number of hydrogen-bond donors (Lipinski definition) is 2. The Morgan fingerprint density at radius 3 is 2.36 bits per heavy atom. The molecule has 1 aromatic carbocycles. The predicted molar refractivity (Wildman–Crippen MR) is 90.9 cm³/mol. The Bertz CT molecular complexity index is 474. The average Bonchev–Trinajstić information content (AvgIpc) is 2.49. The minimum absolute atomic E-state index is 0.0582. The van der Waals surface area contributed by atoms with E-state index < -0.39 is 0 Å². The highest BCUT2D eigenvalue weighted by atomic mass is 32.1. The maximum absolute atomic E-state index is 12.0. The largest absolute Gasteiger partial charge is 0.461 e. The van der Waals surface area contributed by atoms with Crippen LogP contribution in [-0.2, 0) is 20.9 Å². The summed E-state index contributed by atoms with van der Waals surface area (Å²) in [5.41, 5.74) is 0.959. The molecule has 0 fully saturated rings. The summed E-state index contributed by atoms with van der Waals surface area (Å²) in [5, 5.41) is 3.00. The highest BCUT2D eigenvalue weighted by Gasteiger charge is 2.24. The van der Waals surface area contributed by atoms with Crippen molar-refractivity contribution in [2.24, 2.45) is 5.92 Å². The monoisotopic (exact) mass is 323 g/mol. The number of Topliss-reactive ketones (excluding diaryl/α,β-unsaturated/α-hetero) is 1. The van der Waals surface area contributed by atoms with Crippen molar-refractivity contribution in [3.8, 4) is 0 Å². The first-order valence-corrected chi connectivity index (χ1v) is 8.08. The summed E-state index contributed by atoms with van der Waals surface area (Å²) in [7, 11) is 0. The lowest BCUT2D eigenvalue weighted by Gasteiger charge is -2.22. The van der Waals surface area contributed by atoms with E-state index in [0.717, 1.165) is 5.56 Å². The van der Waals surface area contributed by atoms with Gasteiger partial charge in [-0.25, -0.2) is 0 Å². The molecule has 0 bridgehead atoms. The van der Waals surface area contributed by atoms with Crippen molar-refractivity contribution in [1.29, 1.82) is 0 Å². The third-order valence-electron chi connectivity index (χ3n) is 3.29. The first-order valence-electron chi connectivity index (χ1n) is 7.56. The number of ether oxygens (including phenoxy) is 1. The highest BCUT2D eigenvalue weighted by Crippen LogP contribution is 2.09. The summed E-state index contributed by atoms with van der Waals surface area (Å²) in [6.07, 6.45) is 0.231. The van der Waals surface area contributed by atoms with Gasteiger partial charge in [-0.2, -0.15) is 12.6 Å². The molecule has 2 unspecified atom stereocenters. The molecule has 0 saturated heterocycles. The first kappa shape index (κ1) is 18.7. The zero-order chi connectivity index (χ0) is 16.5. The van der Waals surface area contributed by atoms with Gasteiger partial charge in [0.15, 0.2) is 5.78 Å². The molecule has 0 spiro atoms. The molecule has 0 aliphatic rings. The maximum atomic E-state index is 12.0. The summed E-state index contributed by atoms with van der Waals surface area (Å²) in [6, 6.07) is 9.20. The van der Waals surface area contributed by atoms with Crippen molar-refractivity contribution in [2.75, 3.05) is 6.54 Å². The Balaban J connectivity index is 2.32. The van der Waals surface area contributed by atoms with E-state index in [1.165, 1.54) is 0 Å². The lowest BCUT2D eigenvalue weighted by Crippen LogP contribution is -2.45. The summed E-state index contributed by atoms with van der Waals surface area (Å²) in [4.78, 5) is 23.7. The van der Waals surface area contributed by atoms with Gasteiger partial charge >= 0.3 is 5.97 Å². The molecule has 2 atom stereocenters. The van der Waals surface area contributed by atoms with Crippen molar-refractivity contribution >= 4 is 24.4 Å². The van der Waals surface area contributed by atoms with Crippen LogP contribution in [-0.4, -0.2) is 29.6 Å². The Labute approximate surface area is 138 Å². The van der Waals surface area contributed by atoms with Crippen LogP contribution < -0.4 is 5.32 Å². The van der Waals surface area contributed by atoms with Crippen LogP contribution in [0.4, 0.5) is 0 Å². The molecule has 0 aromatic heterocycles. The number of nitrogens with one attached hydrogen (secondary N) is 1. The minimum Gasteiger partial charge on any atom is -0.461 e. The Hall–Kier alpha value is -1.33. The second-order valence-corrected chi connectivity index (χ2v) is 6.44. The van der Waals surface area contributed by atoms with Gasteiger partial charge < -0.3 is 10.1 Å². The van der Waals surface area contributed by atoms with Gasteiger partial charge in [-0.1, -0.05) is 51.1 Å². The number of esters is 1. The first-order chi connectivity index (χ1) is 10.4. The highest BCUT2D eigenvalue weighted by molar-refractivity contribution is 7.81. The number of rotatable bonds is 9. The molecule has 1 rings (SSSR count). The van der Waals surface area contributed by atoms with Crippen molar-refractivity contribution in [3.63, 3.8) is 0 Å². The number of ketones is 1. The standard InChI is InChI=1S/C17H25NO3S/c1-12(2)17(20)16(13(3)22)18-10-9-15(19)21-11-14-7-5-4-6-8-14/h4-8,12-13,16,18,22H,9-11H2,1-3H3. The van der Waals surface area contributed by atoms with E-state index in [9.17, 15) is 9.59 Å². The lowest BCUT2D eigenvalue weighted by molar-refractivity contribution is -0.145. The number of carbonyl (C=O) groups excluding carboxylic acids is 2. The molecule has 0 radical (unpaired) electrons. The van der Waals surface area contributed by atoms with Crippen molar-refractivity contribution in [1.82, 2.24) is 5.32 Å². The van der Waals surface area contributed by atoms with Crippen LogP contribution in [0.3, 0.4) is 0 Å². The van der Waals surface area contributed by atoms with Crippen molar-refractivity contribution in [3.05, 3.63) is 35.9 Å². The van der Waals surface area contributed by atoms with E-state index in [-0.39, 0.29) is 42.0 Å². The van der Waals surface area contributed by atoms with E-state index in [1.807, 2.05) is 51.1 Å². The van der Waals surface area contributed by atoms with Crippen LogP contribution in [0.2, 0.25) is 0 Å². The SMILES string of the molecule is CC(C)C(=O)C(NCCC(=O)OCc1ccccc1)C(C)S. The van der Waals surface area contributed by atoms with Crippen molar-refractivity contribution < 1.29 is 14.3 Å². The molecule has 5 heteroatoms. The maximum Gasteiger partial charge on any atom is 0.307 e. The molecule has 4 nitrogen and oxygen atoms in total. The van der Waals surface area contributed by atoms with Gasteiger partial charge in [-0.05, 0) is 5.56 Å². The summed E-state index contributed by atoms with van der Waals surface area (Å²) in [6.45, 7) is 6.27. The van der Waals surface area contributed by atoms with Gasteiger partial charge in [0.2, 0.25) is 0 Å². The smallest absolute Gasteiger partial charge is 0.307 e. The lowest BCUT2D eigenvalue weighted by atomic mass is 9.99. The van der Waals surface area contributed by atoms with Crippen LogP contribution in [0.25, 0.3) is 0 Å². The van der Waals surface area contributed by atoms with Gasteiger partial charge in [0, 0.05) is 17.7 Å². The Morgan fingerprint density at radius 2 is 1.82 bits per heavy atom. The fourth-order valence-electron chi connectivity index (χ4n) is 2.01. The molecule has 0 aliphatic heterocycles. The molecule has 1 aromatic rings. The average molecular weight is 323 g/mol. The summed E-state index contributed by atoms with van der Waals surface area (Å²) >= 11 is 4.34. The van der Waals surface area contributed by atoms with Gasteiger partial charge in [0.25, 0.3) is 0 Å². The topological polar surface area (TPSA) is 55.4 Å². The second-order valence-electron chi connectivity index (χ2n) is 5.63. The second kappa shape index (κ2) is 9.64. The van der Waals surface area contributed by atoms with E-state index in [4.69, 9.17) is 4.74 Å². The van der Waals surface area contributed by atoms with E-state index >= 15 is 0 Å². The van der Waals surface area contributed by atoms with Crippen LogP contribution in [0, 0.1) is 5.92 Å². The van der Waals surface area contributed by atoms with Crippen LogP contribution in [0.15, 0.2) is 30.3 Å². The zero-order valence-electron chi connectivity index (χ0n) is 13.4.